The molecule has 0 aliphatic carbocycles. The molecule has 0 spiro atoms. The summed E-state index contributed by atoms with van der Waals surface area (Å²) in [6, 6.07) is -1.24. The molecular formula is C12H23NO10. The third-order valence-corrected chi connectivity index (χ3v) is 4.06. The fourth-order valence-electron chi connectivity index (χ4n) is 2.60. The van der Waals surface area contributed by atoms with Gasteiger partial charge in [0.25, 0.3) is 0 Å². The molecule has 11 nitrogen and oxygen atoms in total. The second-order valence-electron chi connectivity index (χ2n) is 5.61. The van der Waals surface area contributed by atoms with Crippen molar-refractivity contribution in [2.75, 3.05) is 13.2 Å². The number of nitrogens with two attached hydrogens (primary N) is 1. The van der Waals surface area contributed by atoms with Crippen LogP contribution in [0.2, 0.25) is 0 Å². The van der Waals surface area contributed by atoms with Crippen molar-refractivity contribution >= 4 is 0 Å². The van der Waals surface area contributed by atoms with Crippen LogP contribution in [-0.2, 0) is 14.2 Å². The van der Waals surface area contributed by atoms with Crippen molar-refractivity contribution in [1.29, 1.82) is 0 Å². The lowest BCUT2D eigenvalue weighted by Crippen LogP contribution is -2.66. The average molecular weight is 341 g/mol. The Morgan fingerprint density at radius 3 is 1.87 bits per heavy atom. The summed E-state index contributed by atoms with van der Waals surface area (Å²) in [5, 5.41) is 67.2. The van der Waals surface area contributed by atoms with Gasteiger partial charge in [-0.05, 0) is 0 Å². The fraction of sp³-hybridized carbons (Fsp3) is 1.00. The first-order valence-corrected chi connectivity index (χ1v) is 7.15. The second-order valence-corrected chi connectivity index (χ2v) is 5.61. The highest BCUT2D eigenvalue weighted by Gasteiger charge is 2.49. The Hall–Kier alpha value is -0.440. The van der Waals surface area contributed by atoms with Gasteiger partial charge in [-0.25, -0.2) is 0 Å². The lowest BCUT2D eigenvalue weighted by atomic mass is 9.96. The Morgan fingerprint density at radius 2 is 1.30 bits per heavy atom. The van der Waals surface area contributed by atoms with E-state index in [1.54, 1.807) is 0 Å². The van der Waals surface area contributed by atoms with E-state index in [9.17, 15) is 25.5 Å². The third kappa shape index (κ3) is 3.65. The minimum atomic E-state index is -1.70. The van der Waals surface area contributed by atoms with Crippen LogP contribution >= 0.6 is 0 Å². The molecule has 136 valence electrons. The molecule has 2 aliphatic heterocycles. The van der Waals surface area contributed by atoms with Gasteiger partial charge in [0, 0.05) is 0 Å². The van der Waals surface area contributed by atoms with Crippen LogP contribution < -0.4 is 5.73 Å². The Morgan fingerprint density at radius 1 is 0.783 bits per heavy atom. The summed E-state index contributed by atoms with van der Waals surface area (Å²) in [6.45, 7) is -1.24. The first-order chi connectivity index (χ1) is 10.8. The molecule has 2 saturated heterocycles. The second kappa shape index (κ2) is 7.63. The Bertz CT molecular complexity index is 385. The van der Waals surface area contributed by atoms with E-state index in [0.29, 0.717) is 0 Å². The first-order valence-electron chi connectivity index (χ1n) is 7.15. The molecule has 2 fully saturated rings. The number of hydrogen-bond acceptors (Lipinski definition) is 11. The maximum atomic E-state index is 9.98. The Labute approximate surface area is 131 Å². The zero-order valence-electron chi connectivity index (χ0n) is 12.1. The van der Waals surface area contributed by atoms with Gasteiger partial charge in [0.05, 0.1) is 19.3 Å². The molecule has 23 heavy (non-hydrogen) atoms. The van der Waals surface area contributed by atoms with Crippen LogP contribution in [0.5, 0.6) is 0 Å². The minimum Gasteiger partial charge on any atom is -0.394 e. The lowest BCUT2D eigenvalue weighted by Gasteiger charge is -2.45. The predicted molar refractivity (Wildman–Crippen MR) is 70.6 cm³/mol. The molecular weight excluding hydrogens is 318 g/mol. The molecule has 0 saturated carbocycles. The van der Waals surface area contributed by atoms with Gasteiger partial charge in [-0.1, -0.05) is 0 Å². The van der Waals surface area contributed by atoms with Gasteiger partial charge in [-0.15, -0.1) is 0 Å². The van der Waals surface area contributed by atoms with Crippen LogP contribution in [-0.4, -0.2) is 110 Å². The SMILES string of the molecule is N[C@H]1[C@H](O[C@@H]2[C@@H](O)[C@@H](O)[C@@H](CO)O[C@H]2O)O[C@H](CO)[C@H](O)[C@@H]1O. The molecule has 0 amide bonds. The predicted octanol–water partition coefficient (Wildman–Crippen LogP) is -5.43. The first kappa shape index (κ1) is 18.9. The highest BCUT2D eigenvalue weighted by atomic mass is 16.7. The van der Waals surface area contributed by atoms with Crippen LogP contribution in [0.15, 0.2) is 0 Å². The largest absolute Gasteiger partial charge is 0.394 e. The molecule has 0 aromatic carbocycles. The standard InChI is InChI=1S/C12H23NO10/c13-5-8(18)6(16)4(2-15)22-12(5)23-10-9(19)7(17)3(1-14)21-11(10)20/h3-12,14-20H,1-2,13H2/t3-,4-,5-,6+,7+,8-,9+,10-,11-,12+/m1/s1. The van der Waals surface area contributed by atoms with Crippen LogP contribution in [0, 0.1) is 0 Å². The maximum absolute atomic E-state index is 9.98. The molecule has 2 heterocycles. The van der Waals surface area contributed by atoms with Crippen molar-refractivity contribution in [2.24, 2.45) is 5.73 Å². The van der Waals surface area contributed by atoms with E-state index >= 15 is 0 Å². The highest BCUT2D eigenvalue weighted by Crippen LogP contribution is 2.27. The van der Waals surface area contributed by atoms with E-state index in [2.05, 4.69) is 0 Å². The Balaban J connectivity index is 2.08. The third-order valence-electron chi connectivity index (χ3n) is 4.06. The lowest BCUT2D eigenvalue weighted by molar-refractivity contribution is -0.346. The van der Waals surface area contributed by atoms with E-state index in [-0.39, 0.29) is 0 Å². The van der Waals surface area contributed by atoms with Crippen molar-refractivity contribution in [3.63, 3.8) is 0 Å². The monoisotopic (exact) mass is 341 g/mol. The molecule has 0 radical (unpaired) electrons. The molecule has 0 bridgehead atoms. The molecule has 2 aliphatic rings. The van der Waals surface area contributed by atoms with Crippen molar-refractivity contribution < 1.29 is 50.0 Å². The van der Waals surface area contributed by atoms with Gasteiger partial charge in [0.2, 0.25) is 0 Å². The molecule has 9 N–H and O–H groups in total. The molecule has 10 atom stereocenters. The van der Waals surface area contributed by atoms with Gasteiger partial charge < -0.3 is 55.7 Å². The summed E-state index contributed by atoms with van der Waals surface area (Å²) in [6.07, 6.45) is -13.0. The van der Waals surface area contributed by atoms with Crippen molar-refractivity contribution in [1.82, 2.24) is 0 Å². The summed E-state index contributed by atoms with van der Waals surface area (Å²) >= 11 is 0. The average Bonchev–Trinajstić information content (AvgIpc) is 2.54. The molecule has 0 unspecified atom stereocenters. The van der Waals surface area contributed by atoms with Gasteiger partial charge in [-0.3, -0.25) is 0 Å². The van der Waals surface area contributed by atoms with Crippen LogP contribution in [0.3, 0.4) is 0 Å². The van der Waals surface area contributed by atoms with E-state index in [1.807, 2.05) is 0 Å². The van der Waals surface area contributed by atoms with Gasteiger partial charge >= 0.3 is 0 Å². The van der Waals surface area contributed by atoms with Crippen LogP contribution in [0.1, 0.15) is 0 Å². The van der Waals surface area contributed by atoms with Crippen molar-refractivity contribution in [2.45, 2.75) is 61.3 Å². The summed E-state index contributed by atoms with van der Waals surface area (Å²) in [5.74, 6) is 0. The molecule has 2 rings (SSSR count). The topological polar surface area (TPSA) is 195 Å². The van der Waals surface area contributed by atoms with Gasteiger partial charge in [-0.2, -0.15) is 0 Å². The quantitative estimate of drug-likeness (QED) is 0.243. The van der Waals surface area contributed by atoms with Crippen molar-refractivity contribution in [3.8, 4) is 0 Å². The summed E-state index contributed by atoms with van der Waals surface area (Å²) in [7, 11) is 0. The van der Waals surface area contributed by atoms with Gasteiger partial charge in [0.15, 0.2) is 12.6 Å². The molecule has 0 aromatic heterocycles. The van der Waals surface area contributed by atoms with Crippen LogP contribution in [0.25, 0.3) is 0 Å². The van der Waals surface area contributed by atoms with E-state index < -0.39 is 74.6 Å². The summed E-state index contributed by atoms with van der Waals surface area (Å²) < 4.78 is 15.4. The van der Waals surface area contributed by atoms with Crippen molar-refractivity contribution in [3.05, 3.63) is 0 Å². The van der Waals surface area contributed by atoms with E-state index in [0.717, 1.165) is 0 Å². The number of hydrogen-bond donors (Lipinski definition) is 8. The smallest absolute Gasteiger partial charge is 0.184 e. The summed E-state index contributed by atoms with van der Waals surface area (Å²) in [4.78, 5) is 0. The summed E-state index contributed by atoms with van der Waals surface area (Å²) in [5.41, 5.74) is 5.68. The normalized spacial score (nSPS) is 51.7. The van der Waals surface area contributed by atoms with E-state index in [1.165, 1.54) is 0 Å². The Kier molecular flexibility index (Phi) is 6.27. The van der Waals surface area contributed by atoms with E-state index in [4.69, 9.17) is 30.2 Å². The number of rotatable bonds is 4. The zero-order valence-corrected chi connectivity index (χ0v) is 12.1. The number of ether oxygens (including phenoxy) is 3. The highest BCUT2D eigenvalue weighted by molar-refractivity contribution is 4.94. The minimum absolute atomic E-state index is 0.619. The number of aliphatic hydroxyl groups is 7. The van der Waals surface area contributed by atoms with Crippen LogP contribution in [0.4, 0.5) is 0 Å². The van der Waals surface area contributed by atoms with Gasteiger partial charge in [0.1, 0.15) is 42.7 Å². The maximum Gasteiger partial charge on any atom is 0.184 e. The molecule has 11 heteroatoms. The fourth-order valence-corrected chi connectivity index (χ4v) is 2.60. The molecule has 0 aromatic rings. The number of aliphatic hydroxyl groups excluding tert-OH is 7. The zero-order chi connectivity index (χ0) is 17.3.